The molecule has 0 aromatic heterocycles. The largest absolute Gasteiger partial charge is 0.271 e. The summed E-state index contributed by atoms with van der Waals surface area (Å²) in [7, 11) is 0. The van der Waals surface area contributed by atoms with E-state index in [9.17, 15) is 8.78 Å². The van der Waals surface area contributed by atoms with E-state index < -0.39 is 17.7 Å². The summed E-state index contributed by atoms with van der Waals surface area (Å²) in [5, 5.41) is 0.454. The summed E-state index contributed by atoms with van der Waals surface area (Å²) in [6.07, 6.45) is 0. The van der Waals surface area contributed by atoms with E-state index in [0.717, 1.165) is 0 Å². The van der Waals surface area contributed by atoms with Crippen LogP contribution >= 0.6 is 27.5 Å². The minimum Gasteiger partial charge on any atom is -0.271 e. The number of nitrogens with one attached hydrogen (secondary N) is 1. The molecule has 0 aliphatic heterocycles. The third kappa shape index (κ3) is 2.95. The molecule has 6 heteroatoms. The van der Waals surface area contributed by atoms with Crippen molar-refractivity contribution in [3.05, 3.63) is 68.7 Å². The van der Waals surface area contributed by atoms with Gasteiger partial charge in [-0.05, 0) is 35.9 Å². The van der Waals surface area contributed by atoms with Crippen LogP contribution < -0.4 is 11.3 Å². The molecule has 100 valence electrons. The van der Waals surface area contributed by atoms with Crippen molar-refractivity contribution in [1.29, 1.82) is 0 Å². The monoisotopic (exact) mass is 346 g/mol. The predicted molar refractivity (Wildman–Crippen MR) is 74.7 cm³/mol. The maximum Gasteiger partial charge on any atom is 0.131 e. The zero-order valence-electron chi connectivity index (χ0n) is 9.63. The van der Waals surface area contributed by atoms with Gasteiger partial charge >= 0.3 is 0 Å². The lowest BCUT2D eigenvalue weighted by Gasteiger charge is -2.19. The topological polar surface area (TPSA) is 38.0 Å². The molecule has 0 aliphatic rings. The minimum atomic E-state index is -0.839. The van der Waals surface area contributed by atoms with Crippen LogP contribution in [0, 0.1) is 11.6 Å². The van der Waals surface area contributed by atoms with E-state index in [0.29, 0.717) is 15.1 Å². The summed E-state index contributed by atoms with van der Waals surface area (Å²) in [6, 6.07) is 7.79. The average Bonchev–Trinajstić information content (AvgIpc) is 2.37. The summed E-state index contributed by atoms with van der Waals surface area (Å²) >= 11 is 9.23. The lowest BCUT2D eigenvalue weighted by atomic mass is 9.98. The minimum absolute atomic E-state index is 0.145. The highest BCUT2D eigenvalue weighted by Crippen LogP contribution is 2.32. The molecule has 1 unspecified atom stereocenters. The number of hydrogen-bond donors (Lipinski definition) is 2. The first-order chi connectivity index (χ1) is 9.04. The van der Waals surface area contributed by atoms with Crippen molar-refractivity contribution in [3.8, 4) is 0 Å². The van der Waals surface area contributed by atoms with Crippen LogP contribution in [-0.4, -0.2) is 0 Å². The molecule has 0 saturated heterocycles. The molecule has 0 radical (unpaired) electrons. The van der Waals surface area contributed by atoms with Crippen molar-refractivity contribution in [3.63, 3.8) is 0 Å². The summed E-state index contributed by atoms with van der Waals surface area (Å²) in [6.45, 7) is 0. The molecule has 0 amide bonds. The second-order valence-electron chi connectivity index (χ2n) is 3.90. The van der Waals surface area contributed by atoms with Gasteiger partial charge in [-0.15, -0.1) is 0 Å². The van der Waals surface area contributed by atoms with Crippen LogP contribution in [0.5, 0.6) is 0 Å². The molecular formula is C13H10BrClF2N2. The molecule has 0 fully saturated rings. The maximum absolute atomic E-state index is 13.8. The van der Waals surface area contributed by atoms with Crippen molar-refractivity contribution >= 4 is 27.5 Å². The molecule has 2 aromatic rings. The zero-order valence-corrected chi connectivity index (χ0v) is 12.0. The van der Waals surface area contributed by atoms with Crippen molar-refractivity contribution in [2.24, 2.45) is 5.84 Å². The highest BCUT2D eigenvalue weighted by atomic mass is 79.9. The maximum atomic E-state index is 13.8. The van der Waals surface area contributed by atoms with Crippen LogP contribution in [-0.2, 0) is 0 Å². The molecule has 0 aliphatic carbocycles. The van der Waals surface area contributed by atoms with Crippen LogP contribution in [0.4, 0.5) is 8.78 Å². The SMILES string of the molecule is NNC(c1cc(Cl)ccc1Br)c1c(F)cccc1F. The Hall–Kier alpha value is -1.01. The van der Waals surface area contributed by atoms with Crippen LogP contribution in [0.2, 0.25) is 5.02 Å². The lowest BCUT2D eigenvalue weighted by Crippen LogP contribution is -2.30. The van der Waals surface area contributed by atoms with Gasteiger partial charge in [-0.25, -0.2) is 14.2 Å². The third-order valence-electron chi connectivity index (χ3n) is 2.72. The van der Waals surface area contributed by atoms with Gasteiger partial charge in [0.1, 0.15) is 11.6 Å². The Labute approximate surface area is 122 Å². The Bertz CT molecular complexity index is 587. The molecule has 0 bridgehead atoms. The van der Waals surface area contributed by atoms with Gasteiger partial charge in [-0.1, -0.05) is 33.6 Å². The number of halogens is 4. The Morgan fingerprint density at radius 1 is 1.16 bits per heavy atom. The average molecular weight is 348 g/mol. The Balaban J connectivity index is 2.59. The van der Waals surface area contributed by atoms with E-state index >= 15 is 0 Å². The van der Waals surface area contributed by atoms with Crippen LogP contribution in [0.15, 0.2) is 40.9 Å². The van der Waals surface area contributed by atoms with Gasteiger partial charge in [0.05, 0.1) is 6.04 Å². The molecule has 0 saturated carbocycles. The Kier molecular flexibility index (Phi) is 4.52. The van der Waals surface area contributed by atoms with E-state index in [2.05, 4.69) is 21.4 Å². The first-order valence-electron chi connectivity index (χ1n) is 5.39. The fourth-order valence-corrected chi connectivity index (χ4v) is 2.51. The lowest BCUT2D eigenvalue weighted by molar-refractivity contribution is 0.510. The van der Waals surface area contributed by atoms with Crippen molar-refractivity contribution in [2.75, 3.05) is 0 Å². The first-order valence-corrected chi connectivity index (χ1v) is 6.56. The van der Waals surface area contributed by atoms with Gasteiger partial charge in [0.15, 0.2) is 0 Å². The smallest absolute Gasteiger partial charge is 0.131 e. The van der Waals surface area contributed by atoms with Gasteiger partial charge in [0, 0.05) is 15.1 Å². The second-order valence-corrected chi connectivity index (χ2v) is 5.19. The number of nitrogens with two attached hydrogens (primary N) is 1. The summed E-state index contributed by atoms with van der Waals surface area (Å²) in [5.41, 5.74) is 2.82. The molecule has 2 rings (SSSR count). The van der Waals surface area contributed by atoms with Crippen molar-refractivity contribution < 1.29 is 8.78 Å². The van der Waals surface area contributed by atoms with E-state index in [1.54, 1.807) is 18.2 Å². The fourth-order valence-electron chi connectivity index (χ4n) is 1.85. The van der Waals surface area contributed by atoms with Gasteiger partial charge < -0.3 is 0 Å². The van der Waals surface area contributed by atoms with E-state index in [4.69, 9.17) is 17.4 Å². The standard InChI is InChI=1S/C13H10BrClF2N2/c14-9-5-4-7(15)6-8(9)13(19-18)12-10(16)2-1-3-11(12)17/h1-6,13,19H,18H2. The summed E-state index contributed by atoms with van der Waals surface area (Å²) < 4.78 is 28.3. The van der Waals surface area contributed by atoms with Gasteiger partial charge in [0.2, 0.25) is 0 Å². The van der Waals surface area contributed by atoms with Gasteiger partial charge in [-0.3, -0.25) is 5.84 Å². The Morgan fingerprint density at radius 3 is 2.37 bits per heavy atom. The van der Waals surface area contributed by atoms with Crippen molar-refractivity contribution in [2.45, 2.75) is 6.04 Å². The van der Waals surface area contributed by atoms with E-state index in [-0.39, 0.29) is 5.56 Å². The summed E-state index contributed by atoms with van der Waals surface area (Å²) in [5.74, 6) is 4.10. The zero-order chi connectivity index (χ0) is 14.0. The van der Waals surface area contributed by atoms with Gasteiger partial charge in [0.25, 0.3) is 0 Å². The molecular weight excluding hydrogens is 338 g/mol. The second kappa shape index (κ2) is 5.96. The number of rotatable bonds is 3. The molecule has 0 spiro atoms. The van der Waals surface area contributed by atoms with E-state index in [1.807, 2.05) is 0 Å². The number of benzene rings is 2. The third-order valence-corrected chi connectivity index (χ3v) is 3.68. The normalized spacial score (nSPS) is 12.5. The van der Waals surface area contributed by atoms with Gasteiger partial charge in [-0.2, -0.15) is 0 Å². The fraction of sp³-hybridized carbons (Fsp3) is 0.0769. The number of hydrogen-bond acceptors (Lipinski definition) is 2. The Morgan fingerprint density at radius 2 is 1.79 bits per heavy atom. The summed E-state index contributed by atoms with van der Waals surface area (Å²) in [4.78, 5) is 0. The predicted octanol–water partition coefficient (Wildman–Crippen LogP) is 3.93. The number of hydrazine groups is 1. The van der Waals surface area contributed by atoms with Crippen LogP contribution in [0.3, 0.4) is 0 Å². The molecule has 0 heterocycles. The van der Waals surface area contributed by atoms with Crippen LogP contribution in [0.25, 0.3) is 0 Å². The van der Waals surface area contributed by atoms with Crippen LogP contribution in [0.1, 0.15) is 17.2 Å². The molecule has 19 heavy (non-hydrogen) atoms. The molecule has 3 N–H and O–H groups in total. The highest BCUT2D eigenvalue weighted by molar-refractivity contribution is 9.10. The first kappa shape index (κ1) is 14.4. The van der Waals surface area contributed by atoms with E-state index in [1.165, 1.54) is 18.2 Å². The highest BCUT2D eigenvalue weighted by Gasteiger charge is 2.22. The quantitative estimate of drug-likeness (QED) is 0.652. The molecule has 1 atom stereocenters. The molecule has 2 nitrogen and oxygen atoms in total. The molecule has 2 aromatic carbocycles. The van der Waals surface area contributed by atoms with Crippen molar-refractivity contribution in [1.82, 2.24) is 5.43 Å².